The number of carbonyl (C=O) groups is 1. The van der Waals surface area contributed by atoms with E-state index < -0.39 is 11.4 Å². The first kappa shape index (κ1) is 9.05. The Kier molecular flexibility index (Phi) is 2.15. The first-order valence-electron chi connectivity index (χ1n) is 4.42. The summed E-state index contributed by atoms with van der Waals surface area (Å²) in [5.74, 6) is -0.771. The van der Waals surface area contributed by atoms with Crippen LogP contribution in [0.25, 0.3) is 0 Å². The Bertz CT molecular complexity index is 412. The predicted molar refractivity (Wildman–Crippen MR) is 46.3 cm³/mol. The molecule has 14 heavy (non-hydrogen) atoms. The zero-order valence-electron chi connectivity index (χ0n) is 7.37. The van der Waals surface area contributed by atoms with Gasteiger partial charge in [0.05, 0.1) is 12.1 Å². The fourth-order valence-electron chi connectivity index (χ4n) is 1.42. The maximum Gasteiger partial charge on any atom is 0.286 e. The van der Waals surface area contributed by atoms with Crippen molar-refractivity contribution in [2.45, 2.75) is 18.8 Å². The number of halogens is 1. The maximum absolute atomic E-state index is 12.6. The van der Waals surface area contributed by atoms with E-state index >= 15 is 0 Å². The topological polar surface area (TPSA) is 62.8 Å². The number of hydrogen-bond acceptors (Lipinski definition) is 3. The molecule has 1 heterocycles. The largest absolute Gasteiger partial charge is 0.307 e. The van der Waals surface area contributed by atoms with Crippen molar-refractivity contribution in [1.82, 2.24) is 9.97 Å². The minimum Gasteiger partial charge on any atom is -0.307 e. The number of aromatic nitrogens is 2. The molecule has 1 aromatic rings. The van der Waals surface area contributed by atoms with Gasteiger partial charge in [0.1, 0.15) is 12.1 Å². The number of nitrogens with one attached hydrogen (secondary N) is 1. The van der Waals surface area contributed by atoms with Crippen LogP contribution in [0.5, 0.6) is 0 Å². The van der Waals surface area contributed by atoms with Gasteiger partial charge in [-0.2, -0.15) is 4.39 Å². The van der Waals surface area contributed by atoms with Crippen LogP contribution in [0.3, 0.4) is 0 Å². The molecule has 2 rings (SSSR count). The van der Waals surface area contributed by atoms with Crippen molar-refractivity contribution in [3.63, 3.8) is 0 Å². The molecule has 5 heteroatoms. The number of nitrogens with zero attached hydrogens (tertiary/aromatic N) is 1. The van der Waals surface area contributed by atoms with Gasteiger partial charge in [-0.1, -0.05) is 0 Å². The predicted octanol–water partition coefficient (Wildman–Crippen LogP) is 0.601. The summed E-state index contributed by atoms with van der Waals surface area (Å²) < 4.78 is 12.6. The molecule has 0 saturated heterocycles. The zero-order valence-corrected chi connectivity index (χ0v) is 7.37. The standard InChI is InChI=1S/C9H9FN2O2/c10-7-3-11-8(12-9(7)14)6(4-13)5-1-2-5/h3-6H,1-2H2,(H,11,12,14). The quantitative estimate of drug-likeness (QED) is 0.720. The van der Waals surface area contributed by atoms with Crippen molar-refractivity contribution in [2.24, 2.45) is 5.92 Å². The molecule has 1 saturated carbocycles. The Labute approximate surface area is 79.2 Å². The molecule has 0 aliphatic heterocycles. The van der Waals surface area contributed by atoms with Gasteiger partial charge < -0.3 is 9.78 Å². The van der Waals surface area contributed by atoms with E-state index in [2.05, 4.69) is 9.97 Å². The highest BCUT2D eigenvalue weighted by atomic mass is 19.1. The second kappa shape index (κ2) is 3.32. The van der Waals surface area contributed by atoms with Gasteiger partial charge in [-0.05, 0) is 18.8 Å². The van der Waals surface area contributed by atoms with Gasteiger partial charge in [-0.25, -0.2) is 4.98 Å². The van der Waals surface area contributed by atoms with Crippen LogP contribution >= 0.6 is 0 Å². The highest BCUT2D eigenvalue weighted by Crippen LogP contribution is 2.39. The van der Waals surface area contributed by atoms with Crippen LogP contribution in [-0.4, -0.2) is 16.3 Å². The van der Waals surface area contributed by atoms with Crippen molar-refractivity contribution in [2.75, 3.05) is 0 Å². The molecule has 0 spiro atoms. The van der Waals surface area contributed by atoms with Crippen LogP contribution in [0.4, 0.5) is 4.39 Å². The maximum atomic E-state index is 12.6. The first-order chi connectivity index (χ1) is 6.72. The molecule has 0 radical (unpaired) electrons. The van der Waals surface area contributed by atoms with E-state index in [9.17, 15) is 14.0 Å². The Hall–Kier alpha value is -1.52. The second-order valence-electron chi connectivity index (χ2n) is 3.44. The fraction of sp³-hybridized carbons (Fsp3) is 0.444. The third-order valence-corrected chi connectivity index (χ3v) is 2.37. The monoisotopic (exact) mass is 196 g/mol. The molecule has 1 aromatic heterocycles. The number of hydrogen-bond donors (Lipinski definition) is 1. The molecule has 1 aliphatic carbocycles. The SMILES string of the molecule is O=CC(c1ncc(F)c(=O)[nH]1)C1CC1. The number of aldehydes is 1. The number of aromatic amines is 1. The average Bonchev–Trinajstić information content (AvgIpc) is 2.96. The third kappa shape index (κ3) is 1.57. The summed E-state index contributed by atoms with van der Waals surface area (Å²) in [4.78, 5) is 27.6. The second-order valence-corrected chi connectivity index (χ2v) is 3.44. The molecule has 1 atom stereocenters. The van der Waals surface area contributed by atoms with E-state index in [0.29, 0.717) is 0 Å². The van der Waals surface area contributed by atoms with Crippen LogP contribution in [0.2, 0.25) is 0 Å². The smallest absolute Gasteiger partial charge is 0.286 e. The summed E-state index contributed by atoms with van der Waals surface area (Å²) >= 11 is 0. The average molecular weight is 196 g/mol. The van der Waals surface area contributed by atoms with Crippen LogP contribution in [-0.2, 0) is 4.79 Å². The van der Waals surface area contributed by atoms with E-state index in [4.69, 9.17) is 0 Å². The molecular weight excluding hydrogens is 187 g/mol. The van der Waals surface area contributed by atoms with Gasteiger partial charge in [0.25, 0.3) is 5.56 Å². The number of rotatable bonds is 3. The van der Waals surface area contributed by atoms with E-state index in [-0.39, 0.29) is 17.7 Å². The van der Waals surface area contributed by atoms with Gasteiger partial charge in [0.2, 0.25) is 5.82 Å². The molecule has 74 valence electrons. The molecule has 1 aliphatic rings. The van der Waals surface area contributed by atoms with Crippen LogP contribution < -0.4 is 5.56 Å². The van der Waals surface area contributed by atoms with Crippen LogP contribution in [0.1, 0.15) is 24.6 Å². The summed E-state index contributed by atoms with van der Waals surface area (Å²) in [6, 6.07) is 0. The summed E-state index contributed by atoms with van der Waals surface area (Å²) in [5, 5.41) is 0. The molecule has 0 amide bonds. The van der Waals surface area contributed by atoms with Crippen molar-refractivity contribution < 1.29 is 9.18 Å². The summed E-state index contributed by atoms with van der Waals surface area (Å²) in [6.07, 6.45) is 3.54. The molecule has 1 fully saturated rings. The fourth-order valence-corrected chi connectivity index (χ4v) is 1.42. The summed E-state index contributed by atoms with van der Waals surface area (Å²) in [5.41, 5.74) is -0.817. The number of carbonyl (C=O) groups excluding carboxylic acids is 1. The van der Waals surface area contributed by atoms with E-state index in [1.165, 1.54) is 0 Å². The minimum absolute atomic E-state index is 0.265. The molecule has 1 N–H and O–H groups in total. The van der Waals surface area contributed by atoms with Crippen molar-refractivity contribution in [3.05, 3.63) is 28.2 Å². The summed E-state index contributed by atoms with van der Waals surface area (Å²) in [6.45, 7) is 0. The third-order valence-electron chi connectivity index (χ3n) is 2.37. The Morgan fingerprint density at radius 1 is 1.64 bits per heavy atom. The van der Waals surface area contributed by atoms with Gasteiger partial charge >= 0.3 is 0 Å². The molecular formula is C9H9FN2O2. The lowest BCUT2D eigenvalue weighted by Crippen LogP contribution is -2.18. The van der Waals surface area contributed by atoms with E-state index in [1.807, 2.05) is 0 Å². The summed E-state index contributed by atoms with van der Waals surface area (Å²) in [7, 11) is 0. The van der Waals surface area contributed by atoms with Crippen molar-refractivity contribution in [3.8, 4) is 0 Å². The van der Waals surface area contributed by atoms with Gasteiger partial charge in [-0.3, -0.25) is 4.79 Å². The number of H-pyrrole nitrogens is 1. The van der Waals surface area contributed by atoms with Gasteiger partial charge in [0.15, 0.2) is 0 Å². The minimum atomic E-state index is -0.922. The normalized spacial score (nSPS) is 17.8. The Morgan fingerprint density at radius 2 is 2.36 bits per heavy atom. The van der Waals surface area contributed by atoms with Crippen LogP contribution in [0, 0.1) is 11.7 Å². The molecule has 1 unspecified atom stereocenters. The first-order valence-corrected chi connectivity index (χ1v) is 4.42. The van der Waals surface area contributed by atoms with Gasteiger partial charge in [-0.15, -0.1) is 0 Å². The molecule has 4 nitrogen and oxygen atoms in total. The molecule has 0 aromatic carbocycles. The van der Waals surface area contributed by atoms with Crippen molar-refractivity contribution in [1.29, 1.82) is 0 Å². The van der Waals surface area contributed by atoms with E-state index in [1.54, 1.807) is 0 Å². The van der Waals surface area contributed by atoms with Crippen LogP contribution in [0.15, 0.2) is 11.0 Å². The lowest BCUT2D eigenvalue weighted by molar-refractivity contribution is -0.109. The van der Waals surface area contributed by atoms with Gasteiger partial charge in [0, 0.05) is 0 Å². The van der Waals surface area contributed by atoms with E-state index in [0.717, 1.165) is 25.3 Å². The lowest BCUT2D eigenvalue weighted by Gasteiger charge is -2.06. The van der Waals surface area contributed by atoms with Crippen molar-refractivity contribution >= 4 is 6.29 Å². The Morgan fingerprint density at radius 3 is 2.86 bits per heavy atom. The zero-order chi connectivity index (χ0) is 10.1. The highest BCUT2D eigenvalue weighted by Gasteiger charge is 2.33. The lowest BCUT2D eigenvalue weighted by atomic mass is 10.1. The highest BCUT2D eigenvalue weighted by molar-refractivity contribution is 5.61. The molecule has 0 bridgehead atoms. The Balaban J connectivity index is 2.34.